The number of pyridine rings is 1. The number of aryl methyl sites for hydroxylation is 3. The normalized spacial score (nSPS) is 10.6. The molecule has 0 spiro atoms. The molecule has 0 atom stereocenters. The molecule has 6 nitrogen and oxygen atoms in total. The number of amides is 2. The van der Waals surface area contributed by atoms with Crippen LogP contribution in [0.2, 0.25) is 0 Å². The first kappa shape index (κ1) is 19.2. The minimum atomic E-state index is -0.175. The molecular formula is C18H26N4O2S. The lowest BCUT2D eigenvalue weighted by atomic mass is 10.1. The summed E-state index contributed by atoms with van der Waals surface area (Å²) in [6, 6.07) is -0.175. The van der Waals surface area contributed by atoms with Crippen molar-refractivity contribution in [1.29, 1.82) is 0 Å². The largest absolute Gasteiger partial charge is 0.496 e. The number of nitrogens with zero attached hydrogens (tertiary/aromatic N) is 2. The number of carbonyl (C=O) groups is 1. The van der Waals surface area contributed by atoms with Crippen LogP contribution in [-0.2, 0) is 13.0 Å². The lowest BCUT2D eigenvalue weighted by molar-refractivity contribution is 0.240. The van der Waals surface area contributed by atoms with Gasteiger partial charge in [0, 0.05) is 34.9 Å². The Labute approximate surface area is 153 Å². The van der Waals surface area contributed by atoms with E-state index in [4.69, 9.17) is 4.74 Å². The van der Waals surface area contributed by atoms with E-state index >= 15 is 0 Å². The molecular weight excluding hydrogens is 336 g/mol. The van der Waals surface area contributed by atoms with Crippen LogP contribution in [-0.4, -0.2) is 29.7 Å². The standard InChI is InChI=1S/C18H26N4O2S/c1-12-9-20-15(14(3)17(12)24-4)10-21-18(23)19-8-6-5-7-16-22-13(2)11-25-16/h9,11H,5-8,10H2,1-4H3,(H2,19,21,23). The summed E-state index contributed by atoms with van der Waals surface area (Å²) in [5, 5.41) is 8.95. The van der Waals surface area contributed by atoms with Crippen molar-refractivity contribution in [2.24, 2.45) is 0 Å². The van der Waals surface area contributed by atoms with Gasteiger partial charge in [-0.3, -0.25) is 4.98 Å². The number of carbonyl (C=O) groups excluding carboxylic acids is 1. The minimum Gasteiger partial charge on any atom is -0.496 e. The van der Waals surface area contributed by atoms with Crippen LogP contribution in [0.25, 0.3) is 0 Å². The molecule has 0 aliphatic rings. The summed E-state index contributed by atoms with van der Waals surface area (Å²) in [7, 11) is 1.65. The molecule has 0 aliphatic carbocycles. The van der Waals surface area contributed by atoms with Crippen LogP contribution in [0.5, 0.6) is 5.75 Å². The van der Waals surface area contributed by atoms with Crippen molar-refractivity contribution in [2.75, 3.05) is 13.7 Å². The first-order valence-electron chi connectivity index (χ1n) is 8.43. The van der Waals surface area contributed by atoms with Gasteiger partial charge in [0.15, 0.2) is 0 Å². The smallest absolute Gasteiger partial charge is 0.315 e. The first-order chi connectivity index (χ1) is 12.0. The predicted molar refractivity (Wildman–Crippen MR) is 100 cm³/mol. The molecule has 0 aliphatic heterocycles. The third kappa shape index (κ3) is 5.70. The van der Waals surface area contributed by atoms with Crippen LogP contribution in [0.15, 0.2) is 11.6 Å². The molecule has 0 aromatic carbocycles. The van der Waals surface area contributed by atoms with E-state index in [1.807, 2.05) is 20.8 Å². The lowest BCUT2D eigenvalue weighted by Gasteiger charge is -2.13. The van der Waals surface area contributed by atoms with Crippen LogP contribution in [0.4, 0.5) is 4.79 Å². The fourth-order valence-corrected chi connectivity index (χ4v) is 3.41. The molecule has 0 saturated heterocycles. The molecule has 2 heterocycles. The van der Waals surface area contributed by atoms with Gasteiger partial charge in [-0.25, -0.2) is 9.78 Å². The van der Waals surface area contributed by atoms with Crippen molar-refractivity contribution < 1.29 is 9.53 Å². The first-order valence-corrected chi connectivity index (χ1v) is 9.31. The third-order valence-electron chi connectivity index (χ3n) is 3.94. The minimum absolute atomic E-state index is 0.175. The maximum absolute atomic E-state index is 11.9. The van der Waals surface area contributed by atoms with Crippen LogP contribution in [0.1, 0.15) is 40.4 Å². The molecule has 2 amide bonds. The quantitative estimate of drug-likeness (QED) is 0.707. The molecule has 2 rings (SSSR count). The van der Waals surface area contributed by atoms with Gasteiger partial charge >= 0.3 is 6.03 Å². The van der Waals surface area contributed by atoms with E-state index in [1.54, 1.807) is 24.6 Å². The molecule has 136 valence electrons. The summed E-state index contributed by atoms with van der Waals surface area (Å²) in [5.74, 6) is 0.824. The molecule has 0 fully saturated rings. The molecule has 7 heteroatoms. The highest BCUT2D eigenvalue weighted by Gasteiger charge is 2.10. The highest BCUT2D eigenvalue weighted by Crippen LogP contribution is 2.23. The van der Waals surface area contributed by atoms with Crippen molar-refractivity contribution >= 4 is 17.4 Å². The predicted octanol–water partition coefficient (Wildman–Crippen LogP) is 3.29. The van der Waals surface area contributed by atoms with E-state index in [0.717, 1.165) is 52.5 Å². The van der Waals surface area contributed by atoms with Gasteiger partial charge in [-0.05, 0) is 40.0 Å². The summed E-state index contributed by atoms with van der Waals surface area (Å²) in [5.41, 5.74) is 3.84. The van der Waals surface area contributed by atoms with E-state index in [-0.39, 0.29) is 6.03 Å². The lowest BCUT2D eigenvalue weighted by Crippen LogP contribution is -2.36. The number of unbranched alkanes of at least 4 members (excludes halogenated alkanes) is 1. The van der Waals surface area contributed by atoms with Crippen molar-refractivity contribution in [3.05, 3.63) is 39.1 Å². The van der Waals surface area contributed by atoms with Crippen LogP contribution in [0, 0.1) is 20.8 Å². The van der Waals surface area contributed by atoms with E-state index < -0.39 is 0 Å². The molecule has 2 N–H and O–H groups in total. The zero-order chi connectivity index (χ0) is 18.2. The second-order valence-corrected chi connectivity index (χ2v) is 6.94. The maximum atomic E-state index is 11.9. The number of hydrogen-bond donors (Lipinski definition) is 2. The Bertz CT molecular complexity index is 715. The Balaban J connectivity index is 1.67. The number of methoxy groups -OCH3 is 1. The maximum Gasteiger partial charge on any atom is 0.315 e. The number of nitrogens with one attached hydrogen (secondary N) is 2. The molecule has 0 radical (unpaired) electrons. The summed E-state index contributed by atoms with van der Waals surface area (Å²) >= 11 is 1.70. The molecule has 0 bridgehead atoms. The van der Waals surface area contributed by atoms with Gasteiger partial charge in [-0.1, -0.05) is 0 Å². The Morgan fingerprint density at radius 2 is 2.04 bits per heavy atom. The van der Waals surface area contributed by atoms with E-state index in [1.165, 1.54) is 0 Å². The number of rotatable bonds is 8. The second kappa shape index (κ2) is 9.36. The zero-order valence-electron chi connectivity index (χ0n) is 15.3. The number of hydrogen-bond acceptors (Lipinski definition) is 5. The summed E-state index contributed by atoms with van der Waals surface area (Å²) in [6.45, 7) is 6.95. The molecule has 0 saturated carbocycles. The molecule has 2 aromatic heterocycles. The highest BCUT2D eigenvalue weighted by atomic mass is 32.1. The molecule has 0 unspecified atom stereocenters. The SMILES string of the molecule is COc1c(C)cnc(CNC(=O)NCCCCc2nc(C)cs2)c1C. The van der Waals surface area contributed by atoms with Gasteiger partial charge in [-0.15, -0.1) is 11.3 Å². The Kier molecular flexibility index (Phi) is 7.18. The van der Waals surface area contributed by atoms with Gasteiger partial charge in [0.25, 0.3) is 0 Å². The van der Waals surface area contributed by atoms with Crippen molar-refractivity contribution in [1.82, 2.24) is 20.6 Å². The molecule has 2 aromatic rings. The average Bonchev–Trinajstić information content (AvgIpc) is 2.99. The van der Waals surface area contributed by atoms with Gasteiger partial charge in [0.2, 0.25) is 0 Å². The molecule has 25 heavy (non-hydrogen) atoms. The summed E-state index contributed by atoms with van der Waals surface area (Å²) < 4.78 is 5.38. The Morgan fingerprint density at radius 1 is 1.24 bits per heavy atom. The highest BCUT2D eigenvalue weighted by molar-refractivity contribution is 7.09. The topological polar surface area (TPSA) is 76.1 Å². The summed E-state index contributed by atoms with van der Waals surface area (Å²) in [6.07, 6.45) is 4.68. The van der Waals surface area contributed by atoms with Crippen molar-refractivity contribution in [3.63, 3.8) is 0 Å². The third-order valence-corrected chi connectivity index (χ3v) is 4.96. The average molecular weight is 362 g/mol. The van der Waals surface area contributed by atoms with Crippen molar-refractivity contribution in [3.8, 4) is 5.75 Å². The number of thiazole rings is 1. The fourth-order valence-electron chi connectivity index (χ4n) is 2.60. The van der Waals surface area contributed by atoms with Gasteiger partial charge in [0.1, 0.15) is 5.75 Å². The summed E-state index contributed by atoms with van der Waals surface area (Å²) in [4.78, 5) is 20.7. The van der Waals surface area contributed by atoms with E-state index in [0.29, 0.717) is 13.1 Å². The Hall–Kier alpha value is -2.15. The monoisotopic (exact) mass is 362 g/mol. The van der Waals surface area contributed by atoms with Gasteiger partial charge in [-0.2, -0.15) is 0 Å². The van der Waals surface area contributed by atoms with Crippen LogP contribution < -0.4 is 15.4 Å². The van der Waals surface area contributed by atoms with Gasteiger partial charge in [0.05, 0.1) is 24.4 Å². The number of aromatic nitrogens is 2. The van der Waals surface area contributed by atoms with Crippen LogP contribution >= 0.6 is 11.3 Å². The van der Waals surface area contributed by atoms with E-state index in [9.17, 15) is 4.79 Å². The Morgan fingerprint density at radius 3 is 2.72 bits per heavy atom. The van der Waals surface area contributed by atoms with Crippen LogP contribution in [0.3, 0.4) is 0 Å². The number of urea groups is 1. The fraction of sp³-hybridized carbons (Fsp3) is 0.500. The van der Waals surface area contributed by atoms with Gasteiger partial charge < -0.3 is 15.4 Å². The second-order valence-electron chi connectivity index (χ2n) is 6.00. The van der Waals surface area contributed by atoms with E-state index in [2.05, 4.69) is 26.0 Å². The van der Waals surface area contributed by atoms with Crippen molar-refractivity contribution in [2.45, 2.75) is 46.6 Å². The number of ether oxygens (including phenoxy) is 1. The zero-order valence-corrected chi connectivity index (χ0v) is 16.1.